The number of halogens is 2. The first kappa shape index (κ1) is 16.0. The Labute approximate surface area is 101 Å². The minimum absolute atomic E-state index is 0.0981. The van der Waals surface area contributed by atoms with E-state index in [1.807, 2.05) is 20.8 Å². The molecule has 0 aromatic rings. The fourth-order valence-electron chi connectivity index (χ4n) is 0.982. The number of nitrogens with one attached hydrogen (secondary N) is 1. The van der Waals surface area contributed by atoms with Crippen LogP contribution >= 0.6 is 0 Å². The summed E-state index contributed by atoms with van der Waals surface area (Å²) < 4.78 is 31.4. The molecule has 0 heterocycles. The van der Waals surface area contributed by atoms with Crippen molar-refractivity contribution in [3.8, 4) is 0 Å². The van der Waals surface area contributed by atoms with Crippen molar-refractivity contribution in [2.45, 2.75) is 33.1 Å². The SMILES string of the molecule is CCCOC/C=C/C(F)(F)C(=O)NCC(C)C. The lowest BCUT2D eigenvalue weighted by molar-refractivity contribution is -0.139. The van der Waals surface area contributed by atoms with E-state index in [-0.39, 0.29) is 19.1 Å². The Morgan fingerprint density at radius 3 is 2.65 bits per heavy atom. The highest BCUT2D eigenvalue weighted by Crippen LogP contribution is 2.15. The first-order valence-corrected chi connectivity index (χ1v) is 5.81. The van der Waals surface area contributed by atoms with Crippen LogP contribution in [0, 0.1) is 5.92 Å². The zero-order valence-corrected chi connectivity index (χ0v) is 10.6. The standard InChI is InChI=1S/C12H21F2NO2/c1-4-7-17-8-5-6-12(13,14)11(16)15-9-10(2)3/h5-6,10H,4,7-9H2,1-3H3,(H,15,16)/b6-5+. The molecule has 0 atom stereocenters. The van der Waals surface area contributed by atoms with Crippen molar-refractivity contribution in [2.24, 2.45) is 5.92 Å². The Morgan fingerprint density at radius 2 is 2.12 bits per heavy atom. The van der Waals surface area contributed by atoms with Crippen LogP contribution in [0.3, 0.4) is 0 Å². The van der Waals surface area contributed by atoms with Crippen LogP contribution in [0.5, 0.6) is 0 Å². The van der Waals surface area contributed by atoms with Crippen LogP contribution in [0.15, 0.2) is 12.2 Å². The molecule has 1 N–H and O–H groups in total. The van der Waals surface area contributed by atoms with Crippen molar-refractivity contribution >= 4 is 5.91 Å². The van der Waals surface area contributed by atoms with Crippen molar-refractivity contribution in [2.75, 3.05) is 19.8 Å². The topological polar surface area (TPSA) is 38.3 Å². The molecule has 3 nitrogen and oxygen atoms in total. The third-order valence-corrected chi connectivity index (χ3v) is 1.86. The number of alkyl halides is 2. The van der Waals surface area contributed by atoms with E-state index in [0.717, 1.165) is 6.42 Å². The second-order valence-electron chi connectivity index (χ2n) is 4.20. The van der Waals surface area contributed by atoms with Gasteiger partial charge in [0, 0.05) is 13.2 Å². The molecule has 0 aliphatic carbocycles. The smallest absolute Gasteiger partial charge is 0.343 e. The molecule has 1 amide bonds. The summed E-state index contributed by atoms with van der Waals surface area (Å²) in [6, 6.07) is 0. The summed E-state index contributed by atoms with van der Waals surface area (Å²) in [5.74, 6) is -4.59. The molecule has 0 fully saturated rings. The van der Waals surface area contributed by atoms with Gasteiger partial charge < -0.3 is 10.1 Å². The van der Waals surface area contributed by atoms with Crippen LogP contribution in [-0.2, 0) is 9.53 Å². The number of hydrogen-bond acceptors (Lipinski definition) is 2. The van der Waals surface area contributed by atoms with E-state index in [2.05, 4.69) is 5.32 Å². The van der Waals surface area contributed by atoms with Gasteiger partial charge in [0.1, 0.15) is 0 Å². The summed E-state index contributed by atoms with van der Waals surface area (Å²) >= 11 is 0. The first-order valence-electron chi connectivity index (χ1n) is 5.81. The number of carbonyl (C=O) groups excluding carboxylic acids is 1. The van der Waals surface area contributed by atoms with Crippen molar-refractivity contribution in [1.82, 2.24) is 5.32 Å². The molecule has 5 heteroatoms. The lowest BCUT2D eigenvalue weighted by atomic mass is 10.2. The van der Waals surface area contributed by atoms with Gasteiger partial charge in [-0.2, -0.15) is 8.78 Å². The van der Waals surface area contributed by atoms with Crippen molar-refractivity contribution in [1.29, 1.82) is 0 Å². The summed E-state index contributed by atoms with van der Waals surface area (Å²) in [6.45, 7) is 6.47. The van der Waals surface area contributed by atoms with Gasteiger partial charge in [-0.3, -0.25) is 4.79 Å². The van der Waals surface area contributed by atoms with E-state index in [1.54, 1.807) is 0 Å². The maximum Gasteiger partial charge on any atom is 0.343 e. The molecule has 0 bridgehead atoms. The van der Waals surface area contributed by atoms with Crippen LogP contribution < -0.4 is 5.32 Å². The predicted molar refractivity (Wildman–Crippen MR) is 63.0 cm³/mol. The van der Waals surface area contributed by atoms with Gasteiger partial charge in [0.15, 0.2) is 0 Å². The summed E-state index contributed by atoms with van der Waals surface area (Å²) in [6.07, 6.45) is 2.59. The number of amides is 1. The van der Waals surface area contributed by atoms with Crippen LogP contribution in [0.25, 0.3) is 0 Å². The van der Waals surface area contributed by atoms with Crippen molar-refractivity contribution in [3.63, 3.8) is 0 Å². The normalized spacial score (nSPS) is 12.4. The molecule has 0 aliphatic heterocycles. The van der Waals surface area contributed by atoms with Gasteiger partial charge in [-0.25, -0.2) is 0 Å². The average Bonchev–Trinajstić information content (AvgIpc) is 2.25. The molecule has 0 rings (SSSR count). The largest absolute Gasteiger partial charge is 0.377 e. The minimum Gasteiger partial charge on any atom is -0.377 e. The Kier molecular flexibility index (Phi) is 7.70. The molecule has 0 saturated carbocycles. The predicted octanol–water partition coefficient (Wildman–Crippen LogP) is 2.38. The van der Waals surface area contributed by atoms with Crippen molar-refractivity contribution < 1.29 is 18.3 Å². The summed E-state index contributed by atoms with van der Waals surface area (Å²) in [5.41, 5.74) is 0. The highest BCUT2D eigenvalue weighted by molar-refractivity contribution is 5.85. The fraction of sp³-hybridized carbons (Fsp3) is 0.750. The summed E-state index contributed by atoms with van der Waals surface area (Å²) in [7, 11) is 0. The lowest BCUT2D eigenvalue weighted by Crippen LogP contribution is -2.40. The molecule has 0 unspecified atom stereocenters. The quantitative estimate of drug-likeness (QED) is 0.530. The highest BCUT2D eigenvalue weighted by atomic mass is 19.3. The van der Waals surface area contributed by atoms with Gasteiger partial charge in [-0.05, 0) is 18.4 Å². The van der Waals surface area contributed by atoms with Gasteiger partial charge >= 0.3 is 5.92 Å². The molecule has 0 aliphatic rings. The second kappa shape index (κ2) is 8.17. The van der Waals surface area contributed by atoms with Crippen LogP contribution in [0.4, 0.5) is 8.78 Å². The summed E-state index contributed by atoms with van der Waals surface area (Å²) in [4.78, 5) is 11.1. The van der Waals surface area contributed by atoms with E-state index >= 15 is 0 Å². The van der Waals surface area contributed by atoms with Gasteiger partial charge in [-0.1, -0.05) is 26.8 Å². The zero-order chi connectivity index (χ0) is 13.3. The van der Waals surface area contributed by atoms with E-state index < -0.39 is 11.8 Å². The van der Waals surface area contributed by atoms with Crippen LogP contribution in [0.1, 0.15) is 27.2 Å². The third-order valence-electron chi connectivity index (χ3n) is 1.86. The molecule has 0 aromatic heterocycles. The lowest BCUT2D eigenvalue weighted by Gasteiger charge is -2.13. The molecular formula is C12H21F2NO2. The maximum atomic E-state index is 13.2. The van der Waals surface area contributed by atoms with Crippen LogP contribution in [0.2, 0.25) is 0 Å². The van der Waals surface area contributed by atoms with Crippen molar-refractivity contribution in [3.05, 3.63) is 12.2 Å². The van der Waals surface area contributed by atoms with Gasteiger partial charge in [0.05, 0.1) is 6.61 Å². The molecule has 0 spiro atoms. The Bertz CT molecular complexity index is 253. The zero-order valence-electron chi connectivity index (χ0n) is 10.6. The second-order valence-corrected chi connectivity index (χ2v) is 4.20. The van der Waals surface area contributed by atoms with E-state index in [4.69, 9.17) is 4.74 Å². The monoisotopic (exact) mass is 249 g/mol. The number of ether oxygens (including phenoxy) is 1. The van der Waals surface area contributed by atoms with E-state index in [0.29, 0.717) is 12.7 Å². The highest BCUT2D eigenvalue weighted by Gasteiger charge is 2.35. The average molecular weight is 249 g/mol. The number of rotatable bonds is 8. The summed E-state index contributed by atoms with van der Waals surface area (Å²) in [5, 5.41) is 2.19. The first-order chi connectivity index (χ1) is 7.90. The van der Waals surface area contributed by atoms with Gasteiger partial charge in [-0.15, -0.1) is 0 Å². The van der Waals surface area contributed by atoms with E-state index in [9.17, 15) is 13.6 Å². The Hall–Kier alpha value is -0.970. The molecule has 0 saturated heterocycles. The Balaban J connectivity index is 4.03. The maximum absolute atomic E-state index is 13.2. The Morgan fingerprint density at radius 1 is 1.47 bits per heavy atom. The number of carbonyl (C=O) groups is 1. The van der Waals surface area contributed by atoms with Gasteiger partial charge in [0.25, 0.3) is 5.91 Å². The molecule has 0 aromatic carbocycles. The fourth-order valence-corrected chi connectivity index (χ4v) is 0.982. The molecular weight excluding hydrogens is 228 g/mol. The number of hydrogen-bond donors (Lipinski definition) is 1. The third kappa shape index (κ3) is 7.85. The molecule has 100 valence electrons. The molecule has 17 heavy (non-hydrogen) atoms. The minimum atomic E-state index is -3.47. The van der Waals surface area contributed by atoms with Crippen LogP contribution in [-0.4, -0.2) is 31.6 Å². The molecule has 0 radical (unpaired) electrons. The van der Waals surface area contributed by atoms with E-state index in [1.165, 1.54) is 6.08 Å². The van der Waals surface area contributed by atoms with Gasteiger partial charge in [0.2, 0.25) is 0 Å².